The number of hydrogen-bond donors (Lipinski definition) is 3. The number of carboxylic acids is 1. The number of amides is 1. The van der Waals surface area contributed by atoms with Crippen LogP contribution in [0, 0.1) is 0 Å². The Morgan fingerprint density at radius 3 is 2.93 bits per heavy atom. The summed E-state index contributed by atoms with van der Waals surface area (Å²) in [5.41, 5.74) is 2.57. The predicted octanol–water partition coefficient (Wildman–Crippen LogP) is 0.583. The van der Waals surface area contributed by atoms with E-state index in [4.69, 9.17) is 0 Å². The molecule has 12 heteroatoms. The van der Waals surface area contributed by atoms with E-state index in [1.807, 2.05) is 12.1 Å². The first-order chi connectivity index (χ1) is 14.5. The number of nitrogens with one attached hydrogen (secondary N) is 2. The number of hydrogen-bond acceptors (Lipinski definition) is 8. The molecule has 3 aromatic heterocycles. The Balaban J connectivity index is 1.41. The summed E-state index contributed by atoms with van der Waals surface area (Å²) in [6, 6.07) is 6.43. The molecule has 30 heavy (non-hydrogen) atoms. The number of carbonyl (C=O) groups excluding carboxylic acids is 1. The molecule has 1 atom stereocenters. The number of H-pyrrole nitrogens is 1. The lowest BCUT2D eigenvalue weighted by molar-refractivity contribution is 0.0687. The number of carbonyl (C=O) groups is 2. The lowest BCUT2D eigenvalue weighted by atomic mass is 10.0. The minimum absolute atomic E-state index is 0.0348. The van der Waals surface area contributed by atoms with Gasteiger partial charge in [-0.25, -0.2) is 14.6 Å². The third-order valence-electron chi connectivity index (χ3n) is 4.96. The maximum Gasteiger partial charge on any atom is 0.439 e. The number of aromatic carboxylic acids is 1. The molecule has 1 aliphatic rings. The summed E-state index contributed by atoms with van der Waals surface area (Å²) < 4.78 is 5.59. The summed E-state index contributed by atoms with van der Waals surface area (Å²) in [5.74, 6) is -2.03. The van der Waals surface area contributed by atoms with Crippen molar-refractivity contribution in [3.05, 3.63) is 63.5 Å². The quantitative estimate of drug-likeness (QED) is 0.438. The van der Waals surface area contributed by atoms with Gasteiger partial charge >= 0.3 is 11.7 Å². The van der Waals surface area contributed by atoms with Crippen molar-refractivity contribution in [2.75, 3.05) is 0 Å². The number of aromatic nitrogens is 6. The molecular formula is C18H13N7O5. The molecule has 5 rings (SSSR count). The van der Waals surface area contributed by atoms with Gasteiger partial charge in [0.05, 0.1) is 12.2 Å². The third-order valence-corrected chi connectivity index (χ3v) is 4.96. The Morgan fingerprint density at radius 2 is 2.17 bits per heavy atom. The molecular weight excluding hydrogens is 394 g/mol. The molecule has 1 aliphatic carbocycles. The van der Waals surface area contributed by atoms with Crippen molar-refractivity contribution in [1.29, 1.82) is 0 Å². The topological polar surface area (TPSA) is 168 Å². The van der Waals surface area contributed by atoms with Crippen LogP contribution in [0.5, 0.6) is 0 Å². The summed E-state index contributed by atoms with van der Waals surface area (Å²) in [5, 5.41) is 23.2. The molecule has 0 saturated heterocycles. The van der Waals surface area contributed by atoms with E-state index >= 15 is 0 Å². The highest BCUT2D eigenvalue weighted by Crippen LogP contribution is 2.33. The minimum Gasteiger partial charge on any atom is -0.477 e. The average molecular weight is 407 g/mol. The van der Waals surface area contributed by atoms with Gasteiger partial charge in [0.2, 0.25) is 0 Å². The molecule has 3 heterocycles. The van der Waals surface area contributed by atoms with Crippen LogP contribution in [0.3, 0.4) is 0 Å². The van der Waals surface area contributed by atoms with E-state index in [0.717, 1.165) is 22.1 Å². The summed E-state index contributed by atoms with van der Waals surface area (Å²) >= 11 is 0. The fourth-order valence-corrected chi connectivity index (χ4v) is 3.59. The van der Waals surface area contributed by atoms with E-state index in [-0.39, 0.29) is 23.1 Å². The second-order valence-electron chi connectivity index (χ2n) is 6.76. The monoisotopic (exact) mass is 407 g/mol. The number of aromatic amines is 1. The van der Waals surface area contributed by atoms with Crippen LogP contribution < -0.4 is 11.1 Å². The van der Waals surface area contributed by atoms with Crippen molar-refractivity contribution < 1.29 is 19.2 Å². The molecule has 0 saturated carbocycles. The molecule has 0 spiro atoms. The van der Waals surface area contributed by atoms with Gasteiger partial charge in [0.1, 0.15) is 5.69 Å². The first kappa shape index (κ1) is 17.7. The van der Waals surface area contributed by atoms with Gasteiger partial charge < -0.3 is 10.4 Å². The maximum absolute atomic E-state index is 12.8. The fraction of sp³-hybridized carbons (Fsp3) is 0.167. The van der Waals surface area contributed by atoms with Crippen LogP contribution in [0.15, 0.2) is 39.8 Å². The second kappa shape index (κ2) is 6.62. The highest BCUT2D eigenvalue weighted by Gasteiger charge is 2.26. The van der Waals surface area contributed by atoms with Gasteiger partial charge in [-0.05, 0) is 30.0 Å². The van der Waals surface area contributed by atoms with Crippen molar-refractivity contribution in [3.8, 4) is 11.4 Å². The van der Waals surface area contributed by atoms with E-state index < -0.39 is 17.6 Å². The van der Waals surface area contributed by atoms with Crippen molar-refractivity contribution in [2.24, 2.45) is 0 Å². The Hall–Kier alpha value is -4.35. The van der Waals surface area contributed by atoms with E-state index in [0.29, 0.717) is 17.8 Å². The highest BCUT2D eigenvalue weighted by molar-refractivity contribution is 5.96. The SMILES string of the molecule is O=C(N[C@H]1CCc2cc(-c3noc(=O)[nH]3)ccc21)c1cc(C(=O)O)n2nncc2n1. The number of nitrogens with zero attached hydrogens (tertiary/aromatic N) is 5. The van der Waals surface area contributed by atoms with Gasteiger partial charge in [-0.3, -0.25) is 14.3 Å². The minimum atomic E-state index is -1.24. The van der Waals surface area contributed by atoms with Crippen LogP contribution in [0.4, 0.5) is 0 Å². The summed E-state index contributed by atoms with van der Waals surface area (Å²) in [6.45, 7) is 0. The van der Waals surface area contributed by atoms with Gasteiger partial charge in [0.15, 0.2) is 17.2 Å². The Labute approximate surface area is 166 Å². The number of benzene rings is 1. The van der Waals surface area contributed by atoms with Gasteiger partial charge in [-0.15, -0.1) is 5.10 Å². The molecule has 0 radical (unpaired) electrons. The molecule has 150 valence electrons. The first-order valence-corrected chi connectivity index (χ1v) is 8.94. The maximum atomic E-state index is 12.8. The smallest absolute Gasteiger partial charge is 0.439 e. The lowest BCUT2D eigenvalue weighted by Crippen LogP contribution is -2.28. The van der Waals surface area contributed by atoms with Crippen LogP contribution >= 0.6 is 0 Å². The van der Waals surface area contributed by atoms with Crippen LogP contribution in [-0.2, 0) is 6.42 Å². The van der Waals surface area contributed by atoms with E-state index in [1.54, 1.807) is 6.07 Å². The van der Waals surface area contributed by atoms with Gasteiger partial charge in [0, 0.05) is 11.6 Å². The third kappa shape index (κ3) is 2.90. The Morgan fingerprint density at radius 1 is 1.30 bits per heavy atom. The molecule has 0 fully saturated rings. The van der Waals surface area contributed by atoms with Crippen molar-refractivity contribution >= 4 is 17.5 Å². The van der Waals surface area contributed by atoms with Crippen molar-refractivity contribution in [2.45, 2.75) is 18.9 Å². The van der Waals surface area contributed by atoms with Gasteiger partial charge in [-0.2, -0.15) is 4.52 Å². The number of fused-ring (bicyclic) bond motifs is 2. The number of rotatable bonds is 4. The van der Waals surface area contributed by atoms with Crippen LogP contribution in [-0.4, -0.2) is 46.9 Å². The molecule has 0 unspecified atom stereocenters. The summed E-state index contributed by atoms with van der Waals surface area (Å²) in [6.07, 6.45) is 2.67. The summed E-state index contributed by atoms with van der Waals surface area (Å²) in [4.78, 5) is 42.0. The molecule has 3 N–H and O–H groups in total. The van der Waals surface area contributed by atoms with Gasteiger partial charge in [-0.1, -0.05) is 22.5 Å². The molecule has 1 amide bonds. The lowest BCUT2D eigenvalue weighted by Gasteiger charge is -2.14. The molecule has 12 nitrogen and oxygen atoms in total. The van der Waals surface area contributed by atoms with E-state index in [1.165, 1.54) is 12.3 Å². The van der Waals surface area contributed by atoms with Crippen LogP contribution in [0.1, 0.15) is 44.6 Å². The van der Waals surface area contributed by atoms with E-state index in [9.17, 15) is 19.5 Å². The summed E-state index contributed by atoms with van der Waals surface area (Å²) in [7, 11) is 0. The van der Waals surface area contributed by atoms with Crippen LogP contribution in [0.25, 0.3) is 17.0 Å². The standard InChI is InChI=1S/C18H13N7O5/c26-16(12-6-13(17(27)28)25-14(20-12)7-19-24-25)21-11-4-2-8-5-9(1-3-10(8)11)15-22-18(29)30-23-15/h1,3,5-7,11H,2,4H2,(H,21,26)(H,27,28)(H,22,23,29)/t11-/m0/s1. The Kier molecular flexibility index (Phi) is 3.91. The molecule has 0 bridgehead atoms. The van der Waals surface area contributed by atoms with Crippen LogP contribution in [0.2, 0.25) is 0 Å². The molecule has 1 aromatic carbocycles. The second-order valence-corrected chi connectivity index (χ2v) is 6.76. The number of aryl methyl sites for hydroxylation is 1. The highest BCUT2D eigenvalue weighted by atomic mass is 16.5. The normalized spacial score (nSPS) is 15.3. The average Bonchev–Trinajstić information content (AvgIpc) is 3.46. The first-order valence-electron chi connectivity index (χ1n) is 8.94. The zero-order valence-corrected chi connectivity index (χ0v) is 15.2. The fourth-order valence-electron chi connectivity index (χ4n) is 3.59. The van der Waals surface area contributed by atoms with Crippen molar-refractivity contribution in [1.82, 2.24) is 35.3 Å². The predicted molar refractivity (Wildman–Crippen MR) is 98.8 cm³/mol. The molecule has 4 aromatic rings. The van der Waals surface area contributed by atoms with Gasteiger partial charge in [0.25, 0.3) is 5.91 Å². The zero-order valence-electron chi connectivity index (χ0n) is 15.2. The zero-order chi connectivity index (χ0) is 20.8. The number of carboxylic acid groups (broad SMARTS) is 1. The van der Waals surface area contributed by atoms with Crippen molar-refractivity contribution in [3.63, 3.8) is 0 Å². The van der Waals surface area contributed by atoms with E-state index in [2.05, 4.69) is 35.3 Å². The molecule has 0 aliphatic heterocycles. The largest absolute Gasteiger partial charge is 0.477 e. The Bertz CT molecular complexity index is 1370.